The molecule has 1 aliphatic carbocycles. The van der Waals surface area contributed by atoms with Gasteiger partial charge in [0, 0.05) is 19.1 Å². The van der Waals surface area contributed by atoms with Crippen LogP contribution in [-0.2, 0) is 0 Å². The van der Waals surface area contributed by atoms with Crippen LogP contribution < -0.4 is 5.73 Å². The third-order valence-electron chi connectivity index (χ3n) is 4.64. The van der Waals surface area contributed by atoms with Gasteiger partial charge in [0.25, 0.3) is 0 Å². The first-order valence-corrected chi connectivity index (χ1v) is 7.27. The molecule has 2 fully saturated rings. The van der Waals surface area contributed by atoms with Crippen molar-refractivity contribution in [1.82, 2.24) is 4.90 Å². The predicted molar refractivity (Wildman–Crippen MR) is 69.4 cm³/mol. The summed E-state index contributed by atoms with van der Waals surface area (Å²) in [6.45, 7) is 6.26. The Balaban J connectivity index is 1.79. The summed E-state index contributed by atoms with van der Waals surface area (Å²) in [4.78, 5) is 2.69. The normalized spacial score (nSPS) is 37.5. The average Bonchev–Trinajstić information content (AvgIpc) is 2.32. The fraction of sp³-hybridized carbons (Fsp3) is 1.00. The Morgan fingerprint density at radius 1 is 1.12 bits per heavy atom. The van der Waals surface area contributed by atoms with Gasteiger partial charge in [-0.3, -0.25) is 0 Å². The fourth-order valence-corrected chi connectivity index (χ4v) is 3.45. The molecular formula is C14H28N2. The van der Waals surface area contributed by atoms with Crippen molar-refractivity contribution < 1.29 is 0 Å². The van der Waals surface area contributed by atoms with Crippen LogP contribution in [-0.4, -0.2) is 30.6 Å². The molecule has 2 rings (SSSR count). The van der Waals surface area contributed by atoms with Crippen molar-refractivity contribution in [2.75, 3.05) is 19.6 Å². The molecule has 2 aliphatic rings. The fourth-order valence-electron chi connectivity index (χ4n) is 3.45. The quantitative estimate of drug-likeness (QED) is 0.798. The largest absolute Gasteiger partial charge is 0.327 e. The van der Waals surface area contributed by atoms with Crippen molar-refractivity contribution in [1.29, 1.82) is 0 Å². The lowest BCUT2D eigenvalue weighted by atomic mass is 9.84. The van der Waals surface area contributed by atoms with Gasteiger partial charge in [-0.05, 0) is 44.1 Å². The van der Waals surface area contributed by atoms with Gasteiger partial charge < -0.3 is 10.6 Å². The van der Waals surface area contributed by atoms with Gasteiger partial charge in [-0.2, -0.15) is 0 Å². The molecule has 1 saturated heterocycles. The number of nitrogens with zero attached hydrogens (tertiary/aromatic N) is 1. The van der Waals surface area contributed by atoms with Crippen molar-refractivity contribution in [2.45, 2.75) is 57.9 Å². The lowest BCUT2D eigenvalue weighted by molar-refractivity contribution is 0.127. The van der Waals surface area contributed by atoms with E-state index in [1.807, 2.05) is 0 Å². The highest BCUT2D eigenvalue weighted by Crippen LogP contribution is 2.26. The number of likely N-dealkylation sites (tertiary alicyclic amines) is 1. The summed E-state index contributed by atoms with van der Waals surface area (Å²) in [6, 6.07) is 0.482. The first-order valence-electron chi connectivity index (χ1n) is 7.27. The van der Waals surface area contributed by atoms with Gasteiger partial charge in [0.1, 0.15) is 0 Å². The van der Waals surface area contributed by atoms with E-state index >= 15 is 0 Å². The maximum absolute atomic E-state index is 6.24. The summed E-state index contributed by atoms with van der Waals surface area (Å²) in [6.07, 6.45) is 9.60. The van der Waals surface area contributed by atoms with Gasteiger partial charge in [0.15, 0.2) is 0 Å². The van der Waals surface area contributed by atoms with Crippen LogP contribution in [0.25, 0.3) is 0 Å². The molecule has 0 aromatic rings. The molecule has 0 radical (unpaired) electrons. The molecule has 0 bridgehead atoms. The van der Waals surface area contributed by atoms with Crippen LogP contribution in [0.15, 0.2) is 0 Å². The van der Waals surface area contributed by atoms with Gasteiger partial charge in [0.05, 0.1) is 0 Å². The number of nitrogens with two attached hydrogens (primary N) is 1. The molecular weight excluding hydrogens is 196 g/mol. The zero-order chi connectivity index (χ0) is 11.4. The van der Waals surface area contributed by atoms with Crippen molar-refractivity contribution in [3.05, 3.63) is 0 Å². The summed E-state index contributed by atoms with van der Waals surface area (Å²) in [7, 11) is 0. The van der Waals surface area contributed by atoms with Crippen LogP contribution in [0.2, 0.25) is 0 Å². The summed E-state index contributed by atoms with van der Waals surface area (Å²) >= 11 is 0. The molecule has 0 unspecified atom stereocenters. The minimum atomic E-state index is 0.482. The number of rotatable bonds is 3. The second-order valence-corrected chi connectivity index (χ2v) is 5.88. The Kier molecular flexibility index (Phi) is 4.66. The molecule has 2 N–H and O–H groups in total. The van der Waals surface area contributed by atoms with E-state index in [-0.39, 0.29) is 0 Å². The van der Waals surface area contributed by atoms with E-state index < -0.39 is 0 Å². The Morgan fingerprint density at radius 2 is 1.94 bits per heavy atom. The molecule has 3 atom stereocenters. The van der Waals surface area contributed by atoms with Crippen LogP contribution in [0.1, 0.15) is 51.9 Å². The zero-order valence-electron chi connectivity index (χ0n) is 10.8. The Labute approximate surface area is 101 Å². The van der Waals surface area contributed by atoms with Crippen LogP contribution >= 0.6 is 0 Å². The monoisotopic (exact) mass is 224 g/mol. The van der Waals surface area contributed by atoms with E-state index in [4.69, 9.17) is 5.73 Å². The van der Waals surface area contributed by atoms with E-state index in [9.17, 15) is 0 Å². The molecule has 0 amide bonds. The highest BCUT2D eigenvalue weighted by atomic mass is 15.1. The van der Waals surface area contributed by atoms with Gasteiger partial charge in [-0.15, -0.1) is 0 Å². The predicted octanol–water partition coefficient (Wildman–Crippen LogP) is 2.63. The summed E-state index contributed by atoms with van der Waals surface area (Å²) in [5.74, 6) is 1.73. The topological polar surface area (TPSA) is 29.3 Å². The van der Waals surface area contributed by atoms with E-state index in [0.29, 0.717) is 6.04 Å². The lowest BCUT2D eigenvalue weighted by Crippen LogP contribution is -2.44. The molecule has 0 spiro atoms. The van der Waals surface area contributed by atoms with Gasteiger partial charge in [-0.25, -0.2) is 0 Å². The number of piperidine rings is 1. The van der Waals surface area contributed by atoms with E-state index in [1.165, 1.54) is 64.6 Å². The third-order valence-corrected chi connectivity index (χ3v) is 4.64. The Morgan fingerprint density at radius 3 is 2.69 bits per heavy atom. The molecule has 16 heavy (non-hydrogen) atoms. The van der Waals surface area contributed by atoms with Crippen molar-refractivity contribution in [3.8, 4) is 0 Å². The van der Waals surface area contributed by atoms with Crippen molar-refractivity contribution >= 4 is 0 Å². The van der Waals surface area contributed by atoms with Gasteiger partial charge in [0.2, 0.25) is 0 Å². The summed E-state index contributed by atoms with van der Waals surface area (Å²) in [5.41, 5.74) is 6.24. The minimum absolute atomic E-state index is 0.482. The first-order chi connectivity index (χ1) is 7.79. The minimum Gasteiger partial charge on any atom is -0.327 e. The molecule has 1 saturated carbocycles. The van der Waals surface area contributed by atoms with Crippen LogP contribution in [0, 0.1) is 11.8 Å². The Bertz CT molecular complexity index is 205. The van der Waals surface area contributed by atoms with Gasteiger partial charge in [-0.1, -0.05) is 26.2 Å². The highest BCUT2D eigenvalue weighted by molar-refractivity contribution is 4.82. The van der Waals surface area contributed by atoms with Crippen LogP contribution in [0.5, 0.6) is 0 Å². The smallest absolute Gasteiger partial charge is 0.00793 e. The Hall–Kier alpha value is -0.0800. The average molecular weight is 224 g/mol. The molecule has 2 nitrogen and oxygen atoms in total. The van der Waals surface area contributed by atoms with Crippen molar-refractivity contribution in [2.24, 2.45) is 17.6 Å². The van der Waals surface area contributed by atoms with Gasteiger partial charge >= 0.3 is 0 Å². The highest BCUT2D eigenvalue weighted by Gasteiger charge is 2.26. The molecule has 0 aromatic carbocycles. The molecule has 1 heterocycles. The van der Waals surface area contributed by atoms with Crippen LogP contribution in [0.3, 0.4) is 0 Å². The SMILES string of the molecule is CC[C@@H]1CCCN(C[C@H]2CCCC[C@@H]2N)C1. The van der Waals surface area contributed by atoms with E-state index in [0.717, 1.165) is 11.8 Å². The van der Waals surface area contributed by atoms with Crippen LogP contribution in [0.4, 0.5) is 0 Å². The molecule has 2 heteroatoms. The first kappa shape index (κ1) is 12.4. The van der Waals surface area contributed by atoms with E-state index in [2.05, 4.69) is 11.8 Å². The number of hydrogen-bond donors (Lipinski definition) is 1. The maximum atomic E-state index is 6.24. The van der Waals surface area contributed by atoms with Crippen molar-refractivity contribution in [3.63, 3.8) is 0 Å². The summed E-state index contributed by atoms with van der Waals surface area (Å²) in [5, 5.41) is 0. The second-order valence-electron chi connectivity index (χ2n) is 5.88. The maximum Gasteiger partial charge on any atom is 0.00793 e. The molecule has 1 aliphatic heterocycles. The molecule has 0 aromatic heterocycles. The van der Waals surface area contributed by atoms with E-state index in [1.54, 1.807) is 0 Å². The second kappa shape index (κ2) is 6.02. The standard InChI is InChI=1S/C14H28N2/c1-2-12-6-5-9-16(10-12)11-13-7-3-4-8-14(13)15/h12-14H,2-11,15H2,1H3/t12-,13-,14+/m1/s1. The molecule has 94 valence electrons. The summed E-state index contributed by atoms with van der Waals surface area (Å²) < 4.78 is 0. The third kappa shape index (κ3) is 3.21. The number of hydrogen-bond acceptors (Lipinski definition) is 2. The zero-order valence-corrected chi connectivity index (χ0v) is 10.8. The lowest BCUT2D eigenvalue weighted by Gasteiger charge is -2.37.